The van der Waals surface area contributed by atoms with Gasteiger partial charge in [0.15, 0.2) is 0 Å². The molecule has 32 heavy (non-hydrogen) atoms. The van der Waals surface area contributed by atoms with E-state index in [9.17, 15) is 5.11 Å². The summed E-state index contributed by atoms with van der Waals surface area (Å²) in [6, 6.07) is 0. The van der Waals surface area contributed by atoms with Gasteiger partial charge >= 0.3 is 0 Å². The van der Waals surface area contributed by atoms with Gasteiger partial charge in [0.2, 0.25) is 0 Å². The van der Waals surface area contributed by atoms with E-state index < -0.39 is 0 Å². The zero-order valence-corrected chi connectivity index (χ0v) is 22.3. The molecule has 1 N–H and O–H groups in total. The monoisotopic (exact) mass is 444 g/mol. The minimum Gasteiger partial charge on any atom is -0.506 e. The Hall–Kier alpha value is -1.25. The van der Waals surface area contributed by atoms with Gasteiger partial charge in [-0.05, 0) is 49.9 Å². The third-order valence-corrected chi connectivity index (χ3v) is 7.75. The molecule has 0 fully saturated rings. The Kier molecular flexibility index (Phi) is 11.4. The number of fused-ring (bicyclic) bond motifs is 1. The topological polar surface area (TPSA) is 36.4 Å². The maximum Gasteiger partial charge on any atom is 0.140 e. The van der Waals surface area contributed by atoms with Crippen LogP contribution in [0.5, 0.6) is 5.75 Å². The van der Waals surface area contributed by atoms with Crippen molar-refractivity contribution in [1.82, 2.24) is 4.98 Å². The van der Waals surface area contributed by atoms with Gasteiger partial charge in [-0.1, -0.05) is 92.4 Å². The summed E-state index contributed by atoms with van der Waals surface area (Å²) in [6.45, 7) is 14.9. The van der Waals surface area contributed by atoms with E-state index in [0.717, 1.165) is 55.1 Å². The third kappa shape index (κ3) is 8.60. The van der Waals surface area contributed by atoms with Crippen molar-refractivity contribution in [2.24, 2.45) is 23.7 Å². The Morgan fingerprint density at radius 3 is 1.84 bits per heavy atom. The van der Waals surface area contributed by atoms with Crippen molar-refractivity contribution >= 4 is 5.82 Å². The fraction of sp³-hybridized carbons (Fsp3) is 0.828. The van der Waals surface area contributed by atoms with Crippen LogP contribution in [0.25, 0.3) is 0 Å². The average Bonchev–Trinajstić information content (AvgIpc) is 3.08. The largest absolute Gasteiger partial charge is 0.506 e. The Morgan fingerprint density at radius 1 is 0.812 bits per heavy atom. The van der Waals surface area contributed by atoms with Gasteiger partial charge in [0, 0.05) is 24.7 Å². The van der Waals surface area contributed by atoms with Crippen LogP contribution in [0.2, 0.25) is 0 Å². The first-order valence-electron chi connectivity index (χ1n) is 13.6. The number of rotatable bonds is 15. The quantitative estimate of drug-likeness (QED) is 0.297. The molecular formula is C29H52N2O. The molecule has 1 aliphatic rings. The Balaban J connectivity index is 1.63. The molecule has 3 nitrogen and oxygen atoms in total. The number of nitrogens with zero attached hydrogens (tertiary/aromatic N) is 2. The van der Waals surface area contributed by atoms with Crippen LogP contribution in [0, 0.1) is 30.6 Å². The predicted molar refractivity (Wildman–Crippen MR) is 140 cm³/mol. The van der Waals surface area contributed by atoms with Crippen molar-refractivity contribution in [1.29, 1.82) is 0 Å². The number of likely N-dealkylation sites (N-methyl/N-ethyl adjacent to an activating group) is 1. The summed E-state index contributed by atoms with van der Waals surface area (Å²) in [5, 5.41) is 10.6. The van der Waals surface area contributed by atoms with Crippen LogP contribution >= 0.6 is 0 Å². The van der Waals surface area contributed by atoms with Gasteiger partial charge in [0.05, 0.1) is 5.69 Å². The lowest BCUT2D eigenvalue weighted by atomic mass is 9.89. The molecule has 3 heteroatoms. The predicted octanol–water partition coefficient (Wildman–Crippen LogP) is 8.10. The fourth-order valence-corrected chi connectivity index (χ4v) is 5.34. The van der Waals surface area contributed by atoms with Gasteiger partial charge in [-0.3, -0.25) is 0 Å². The highest BCUT2D eigenvalue weighted by Gasteiger charge is 2.24. The molecule has 2 heterocycles. The Labute approximate surface area is 199 Å². The van der Waals surface area contributed by atoms with Crippen molar-refractivity contribution in [3.05, 3.63) is 16.8 Å². The number of pyridine rings is 1. The smallest absolute Gasteiger partial charge is 0.140 e. The number of hydrogen-bond acceptors (Lipinski definition) is 3. The molecule has 2 rings (SSSR count). The van der Waals surface area contributed by atoms with Crippen molar-refractivity contribution in [2.45, 2.75) is 119 Å². The lowest BCUT2D eigenvalue weighted by molar-refractivity contribution is 0.373. The average molecular weight is 445 g/mol. The van der Waals surface area contributed by atoms with E-state index in [1.54, 1.807) is 0 Å². The van der Waals surface area contributed by atoms with Crippen molar-refractivity contribution < 1.29 is 5.11 Å². The molecule has 1 aromatic heterocycles. The van der Waals surface area contributed by atoms with E-state index in [1.807, 2.05) is 6.92 Å². The normalized spacial score (nSPS) is 16.4. The number of aromatic nitrogens is 1. The van der Waals surface area contributed by atoms with Gasteiger partial charge < -0.3 is 10.0 Å². The Bertz CT molecular complexity index is 684. The maximum atomic E-state index is 10.6. The lowest BCUT2D eigenvalue weighted by Gasteiger charge is -2.18. The number of aryl methyl sites for hydroxylation is 1. The number of aromatic hydroxyl groups is 1. The molecule has 0 saturated carbocycles. The summed E-state index contributed by atoms with van der Waals surface area (Å²) in [4.78, 5) is 6.85. The number of hydrogen-bond donors (Lipinski definition) is 1. The SMILES string of the molecule is Cc1nc2c(c(CCC(C)CCCC(C)CCC[C@H](C)CCCC(C)C)c1O)CCN2C. The molecule has 3 atom stereocenters. The fourth-order valence-electron chi connectivity index (χ4n) is 5.34. The van der Waals surface area contributed by atoms with Crippen molar-refractivity contribution in [3.8, 4) is 5.75 Å². The van der Waals surface area contributed by atoms with E-state index in [1.165, 1.54) is 68.9 Å². The van der Waals surface area contributed by atoms with Crippen LogP contribution in [-0.2, 0) is 12.8 Å². The van der Waals surface area contributed by atoms with Gasteiger partial charge in [-0.25, -0.2) is 4.98 Å². The second kappa shape index (κ2) is 13.5. The second-order valence-corrected chi connectivity index (χ2v) is 11.5. The third-order valence-electron chi connectivity index (χ3n) is 7.75. The summed E-state index contributed by atoms with van der Waals surface area (Å²) in [6.07, 6.45) is 15.6. The van der Waals surface area contributed by atoms with Crippen molar-refractivity contribution in [2.75, 3.05) is 18.5 Å². The number of anilines is 1. The highest BCUT2D eigenvalue weighted by molar-refractivity contribution is 5.60. The molecule has 0 spiro atoms. The molecule has 2 unspecified atom stereocenters. The molecule has 184 valence electrons. The van der Waals surface area contributed by atoms with Crippen LogP contribution in [0.15, 0.2) is 0 Å². The molecule has 1 aliphatic heterocycles. The molecule has 0 radical (unpaired) electrons. The van der Waals surface area contributed by atoms with Gasteiger partial charge in [0.25, 0.3) is 0 Å². The van der Waals surface area contributed by atoms with E-state index in [2.05, 4.69) is 51.6 Å². The van der Waals surface area contributed by atoms with E-state index in [4.69, 9.17) is 0 Å². The van der Waals surface area contributed by atoms with Crippen LogP contribution in [0.3, 0.4) is 0 Å². The van der Waals surface area contributed by atoms with Crippen molar-refractivity contribution in [3.63, 3.8) is 0 Å². The zero-order chi connectivity index (χ0) is 23.7. The molecule has 0 amide bonds. The summed E-state index contributed by atoms with van der Waals surface area (Å²) in [5.74, 6) is 4.85. The van der Waals surface area contributed by atoms with E-state index >= 15 is 0 Å². The summed E-state index contributed by atoms with van der Waals surface area (Å²) in [7, 11) is 2.11. The highest BCUT2D eigenvalue weighted by Crippen LogP contribution is 2.36. The maximum absolute atomic E-state index is 10.6. The molecule has 0 aromatic carbocycles. The van der Waals surface area contributed by atoms with Gasteiger partial charge in [-0.2, -0.15) is 0 Å². The minimum absolute atomic E-state index is 0.443. The Morgan fingerprint density at radius 2 is 1.31 bits per heavy atom. The molecular weight excluding hydrogens is 392 g/mol. The van der Waals surface area contributed by atoms with Crippen LogP contribution in [0.1, 0.15) is 116 Å². The first-order valence-corrected chi connectivity index (χ1v) is 13.6. The summed E-state index contributed by atoms with van der Waals surface area (Å²) < 4.78 is 0. The van der Waals surface area contributed by atoms with E-state index in [0.29, 0.717) is 11.7 Å². The lowest BCUT2D eigenvalue weighted by Crippen LogP contribution is -2.14. The first-order chi connectivity index (χ1) is 15.2. The van der Waals surface area contributed by atoms with Crippen LogP contribution in [-0.4, -0.2) is 23.7 Å². The minimum atomic E-state index is 0.443. The van der Waals surface area contributed by atoms with Gasteiger partial charge in [-0.15, -0.1) is 0 Å². The summed E-state index contributed by atoms with van der Waals surface area (Å²) in [5.41, 5.74) is 3.23. The standard InChI is InChI=1S/C29H52N2O/c1-21(2)11-8-12-22(3)13-9-14-23(4)15-10-16-24(5)17-18-26-27-19-20-31(7)29(27)30-25(6)28(26)32/h21-24,32H,8-20H2,1-7H3/t22-,23?,24?/m1/s1. The second-order valence-electron chi connectivity index (χ2n) is 11.5. The molecule has 0 saturated heterocycles. The molecule has 0 aliphatic carbocycles. The first kappa shape index (κ1) is 27.0. The highest BCUT2D eigenvalue weighted by atomic mass is 16.3. The molecule has 1 aromatic rings. The summed E-state index contributed by atoms with van der Waals surface area (Å²) >= 11 is 0. The zero-order valence-electron chi connectivity index (χ0n) is 22.3. The van der Waals surface area contributed by atoms with Gasteiger partial charge in [0.1, 0.15) is 11.6 Å². The van der Waals surface area contributed by atoms with Crippen LogP contribution in [0.4, 0.5) is 5.82 Å². The van der Waals surface area contributed by atoms with E-state index in [-0.39, 0.29) is 0 Å². The van der Waals surface area contributed by atoms with Crippen LogP contribution < -0.4 is 4.90 Å². The molecule has 0 bridgehead atoms.